The number of hydrogen-bond donors (Lipinski definition) is 3. The van der Waals surface area contributed by atoms with Crippen molar-refractivity contribution in [1.82, 2.24) is 31.0 Å². The van der Waals surface area contributed by atoms with Crippen molar-refractivity contribution in [2.45, 2.75) is 35.6 Å². The van der Waals surface area contributed by atoms with E-state index >= 15 is 0 Å². The zero-order valence-electron chi connectivity index (χ0n) is 21.3. The molecule has 2 aliphatic rings. The molecule has 3 heterocycles. The Hall–Kier alpha value is -2.43. The number of nitrogens with one attached hydrogen (secondary N) is 3. The minimum absolute atomic E-state index is 0. The third-order valence-electron chi connectivity index (χ3n) is 5.58. The largest absolute Gasteiger partial charge is 1.00 e. The van der Waals surface area contributed by atoms with Gasteiger partial charge in [0.1, 0.15) is 28.2 Å². The number of nitrogens with zero attached hydrogens (tertiary/aromatic N) is 3. The third kappa shape index (κ3) is 7.41. The Morgan fingerprint density at radius 1 is 1.21 bits per heavy atom. The first kappa shape index (κ1) is 31.1. The van der Waals surface area contributed by atoms with Crippen LogP contribution in [-0.2, 0) is 19.2 Å². The Bertz CT molecular complexity index is 1310. The number of ketones is 1. The monoisotopic (exact) mass is 598 g/mol. The Morgan fingerprint density at radius 2 is 1.92 bits per heavy atom. The molecule has 4 rings (SSSR count). The van der Waals surface area contributed by atoms with E-state index in [0.29, 0.717) is 27.0 Å². The van der Waals surface area contributed by atoms with Gasteiger partial charge >= 0.3 is 35.6 Å². The van der Waals surface area contributed by atoms with Gasteiger partial charge in [0.05, 0.1) is 18.2 Å². The molecule has 3 atom stereocenters. The van der Waals surface area contributed by atoms with E-state index in [2.05, 4.69) is 26.1 Å². The number of carbonyl (C=O) groups excluding carboxylic acids is 5. The summed E-state index contributed by atoms with van der Waals surface area (Å²) < 4.78 is 0.687. The number of hydrogen-bond acceptors (Lipinski definition) is 11. The van der Waals surface area contributed by atoms with E-state index in [4.69, 9.17) is 0 Å². The SMILES string of the molecule is CC(=O)CNC(=O)NC(C(=O)NC1C(=O)N2C(C(=O)[O-])=C(CSc3nnc(C)s3)CS[C@@H]12)c1ccccc1.[Na+]. The van der Waals surface area contributed by atoms with Crippen LogP contribution in [0.2, 0.25) is 0 Å². The number of rotatable bonds is 10. The van der Waals surface area contributed by atoms with Gasteiger partial charge in [0.25, 0.3) is 5.91 Å². The summed E-state index contributed by atoms with van der Waals surface area (Å²) in [6.45, 7) is 2.92. The number of carbonyl (C=O) groups is 5. The Balaban J connectivity index is 0.00000420. The summed E-state index contributed by atoms with van der Waals surface area (Å²) in [5.74, 6) is -2.35. The van der Waals surface area contributed by atoms with Crippen molar-refractivity contribution in [3.8, 4) is 0 Å². The van der Waals surface area contributed by atoms with Crippen molar-refractivity contribution >= 4 is 64.5 Å². The minimum Gasteiger partial charge on any atom is -0.543 e. The predicted octanol–water partition coefficient (Wildman–Crippen LogP) is -3.02. The Kier molecular flexibility index (Phi) is 11.0. The first-order valence-corrected chi connectivity index (χ1v) is 14.2. The number of fused-ring (bicyclic) bond motifs is 1. The fourth-order valence-corrected chi connectivity index (χ4v) is 7.14. The number of benzene rings is 1. The van der Waals surface area contributed by atoms with Gasteiger partial charge in [-0.2, -0.15) is 0 Å². The van der Waals surface area contributed by atoms with Gasteiger partial charge in [-0.1, -0.05) is 53.4 Å². The second-order valence-electron chi connectivity index (χ2n) is 8.38. The van der Waals surface area contributed by atoms with Crippen LogP contribution < -0.4 is 50.6 Å². The van der Waals surface area contributed by atoms with Crippen LogP contribution in [-0.4, -0.2) is 74.2 Å². The molecule has 3 N–H and O–H groups in total. The first-order chi connectivity index (χ1) is 18.2. The maximum atomic E-state index is 13.2. The van der Waals surface area contributed by atoms with Crippen molar-refractivity contribution in [2.24, 2.45) is 0 Å². The standard InChI is InChI=1S/C23H24N6O6S3.Na/c1-11(30)8-24-22(35)26-15(13-6-4-3-5-7-13)18(31)25-16-19(32)29-17(21(33)34)14(9-36-20(16)29)10-37-23-28-27-12(2)38-23;/h3-7,15-16,20H,8-10H2,1-2H3,(H,25,31)(H,33,34)(H2,24,26,35);/q;+1/p-1/t15?,16?,20-;/m0./s1. The molecule has 0 saturated carbocycles. The fourth-order valence-electron chi connectivity index (χ4n) is 3.84. The summed E-state index contributed by atoms with van der Waals surface area (Å²) in [7, 11) is 0. The molecule has 1 fully saturated rings. The zero-order valence-corrected chi connectivity index (χ0v) is 25.7. The molecule has 39 heavy (non-hydrogen) atoms. The average molecular weight is 599 g/mol. The van der Waals surface area contributed by atoms with Crippen molar-refractivity contribution in [2.75, 3.05) is 18.1 Å². The van der Waals surface area contributed by atoms with Crippen LogP contribution in [0.25, 0.3) is 0 Å². The van der Waals surface area contributed by atoms with E-state index in [1.165, 1.54) is 41.8 Å². The number of amides is 4. The van der Waals surface area contributed by atoms with Crippen LogP contribution >= 0.6 is 34.9 Å². The first-order valence-electron chi connectivity index (χ1n) is 11.4. The molecule has 4 amide bonds. The van der Waals surface area contributed by atoms with Crippen molar-refractivity contribution < 1.29 is 58.6 Å². The summed E-state index contributed by atoms with van der Waals surface area (Å²) in [5, 5.41) is 27.7. The summed E-state index contributed by atoms with van der Waals surface area (Å²) in [5.41, 5.74) is 0.789. The average Bonchev–Trinajstić information content (AvgIpc) is 3.32. The number of Topliss-reactive ketones (excluding diaryl/α,β-unsaturated/α-hetero) is 1. The fraction of sp³-hybridized carbons (Fsp3) is 0.348. The number of urea groups is 1. The van der Waals surface area contributed by atoms with Crippen LogP contribution in [0.5, 0.6) is 0 Å². The molecular formula is C23H23N6NaO6S3. The van der Waals surface area contributed by atoms with E-state index in [9.17, 15) is 29.1 Å². The number of aromatic nitrogens is 2. The van der Waals surface area contributed by atoms with Crippen LogP contribution in [0.1, 0.15) is 23.5 Å². The zero-order chi connectivity index (χ0) is 27.4. The molecule has 2 aromatic rings. The molecule has 12 nitrogen and oxygen atoms in total. The molecule has 1 aromatic heterocycles. The molecule has 0 bridgehead atoms. The second-order valence-corrected chi connectivity index (χ2v) is 11.9. The summed E-state index contributed by atoms with van der Waals surface area (Å²) in [4.78, 5) is 62.9. The summed E-state index contributed by atoms with van der Waals surface area (Å²) >= 11 is 4.04. The quantitative estimate of drug-likeness (QED) is 0.145. The molecular weight excluding hydrogens is 575 g/mol. The molecule has 2 unspecified atom stereocenters. The normalized spacial score (nSPS) is 18.7. The topological polar surface area (TPSA) is 174 Å². The van der Waals surface area contributed by atoms with Gasteiger partial charge in [0.2, 0.25) is 5.91 Å². The minimum atomic E-state index is -1.47. The van der Waals surface area contributed by atoms with Crippen molar-refractivity contribution in [1.29, 1.82) is 0 Å². The van der Waals surface area contributed by atoms with E-state index in [0.717, 1.165) is 9.91 Å². The van der Waals surface area contributed by atoms with Crippen LogP contribution in [0.4, 0.5) is 4.79 Å². The van der Waals surface area contributed by atoms with Gasteiger partial charge in [0, 0.05) is 11.5 Å². The smallest absolute Gasteiger partial charge is 0.543 e. The molecule has 0 spiro atoms. The van der Waals surface area contributed by atoms with Crippen molar-refractivity contribution in [3.05, 3.63) is 52.2 Å². The van der Waals surface area contributed by atoms with Gasteiger partial charge in [-0.25, -0.2) is 4.79 Å². The van der Waals surface area contributed by atoms with Gasteiger partial charge in [-0.3, -0.25) is 19.3 Å². The van der Waals surface area contributed by atoms with E-state index in [1.807, 2.05) is 6.92 Å². The summed E-state index contributed by atoms with van der Waals surface area (Å²) in [6.07, 6.45) is 0. The predicted molar refractivity (Wildman–Crippen MR) is 139 cm³/mol. The number of aryl methyl sites for hydroxylation is 1. The number of thioether (sulfide) groups is 2. The maximum absolute atomic E-state index is 13.2. The van der Waals surface area contributed by atoms with Crippen LogP contribution in [0.3, 0.4) is 0 Å². The van der Waals surface area contributed by atoms with E-state index in [-0.39, 0.29) is 47.6 Å². The number of carboxylic acid groups (broad SMARTS) is 1. The van der Waals surface area contributed by atoms with Gasteiger partial charge < -0.3 is 25.9 Å². The molecule has 1 aromatic carbocycles. The van der Waals surface area contributed by atoms with Gasteiger partial charge in [0.15, 0.2) is 4.34 Å². The second kappa shape index (κ2) is 13.8. The van der Waals surface area contributed by atoms with Crippen LogP contribution in [0, 0.1) is 6.92 Å². The van der Waals surface area contributed by atoms with E-state index < -0.39 is 41.3 Å². The van der Waals surface area contributed by atoms with E-state index in [1.54, 1.807) is 30.3 Å². The molecule has 16 heteroatoms. The third-order valence-corrected chi connectivity index (χ3v) is 8.98. The number of aliphatic carboxylic acids is 1. The van der Waals surface area contributed by atoms with Gasteiger partial charge in [-0.15, -0.1) is 22.0 Å². The van der Waals surface area contributed by atoms with Crippen molar-refractivity contribution in [3.63, 3.8) is 0 Å². The maximum Gasteiger partial charge on any atom is 1.00 e. The Labute approximate surface area is 258 Å². The Morgan fingerprint density at radius 3 is 2.54 bits per heavy atom. The summed E-state index contributed by atoms with van der Waals surface area (Å²) in [6, 6.07) is 5.53. The van der Waals surface area contributed by atoms with Crippen LogP contribution in [0.15, 0.2) is 45.9 Å². The molecule has 2 aliphatic heterocycles. The molecule has 1 saturated heterocycles. The molecule has 0 aliphatic carbocycles. The number of β-lactam (4-membered cyclic amide) rings is 1. The molecule has 0 radical (unpaired) electrons. The molecule has 200 valence electrons. The number of carboxylic acids is 1. The van der Waals surface area contributed by atoms with Gasteiger partial charge in [-0.05, 0) is 25.0 Å².